The number of rotatable bonds is 7. The molecule has 0 bridgehead atoms. The maximum atomic E-state index is 5.96. The van der Waals surface area contributed by atoms with E-state index < -0.39 is 0 Å². The summed E-state index contributed by atoms with van der Waals surface area (Å²) in [4.78, 5) is 0. The summed E-state index contributed by atoms with van der Waals surface area (Å²) in [7, 11) is 0. The van der Waals surface area contributed by atoms with Crippen molar-refractivity contribution < 1.29 is 4.74 Å². The first kappa shape index (κ1) is 19.3. The second kappa shape index (κ2) is 10.0. The molecule has 0 spiro atoms. The van der Waals surface area contributed by atoms with Gasteiger partial charge in [0.2, 0.25) is 0 Å². The van der Waals surface area contributed by atoms with Crippen LogP contribution in [0.5, 0.6) is 0 Å². The van der Waals surface area contributed by atoms with Crippen LogP contribution in [0.1, 0.15) is 110 Å². The minimum Gasteiger partial charge on any atom is -0.498 e. The van der Waals surface area contributed by atoms with Gasteiger partial charge in [0.1, 0.15) is 0 Å². The van der Waals surface area contributed by atoms with Gasteiger partial charge in [0, 0.05) is 0 Å². The van der Waals surface area contributed by atoms with Gasteiger partial charge in [-0.3, -0.25) is 0 Å². The summed E-state index contributed by atoms with van der Waals surface area (Å²) < 4.78 is 5.96. The third kappa shape index (κ3) is 5.76. The lowest BCUT2D eigenvalue weighted by atomic mass is 9.68. The first-order valence-electron chi connectivity index (χ1n) is 11.6. The van der Waals surface area contributed by atoms with Crippen molar-refractivity contribution in [1.29, 1.82) is 0 Å². The van der Waals surface area contributed by atoms with Crippen LogP contribution in [0.2, 0.25) is 0 Å². The van der Waals surface area contributed by atoms with Crippen LogP contribution in [-0.4, -0.2) is 6.10 Å². The molecule has 3 aliphatic rings. The zero-order valence-corrected chi connectivity index (χ0v) is 17.0. The van der Waals surface area contributed by atoms with Crippen LogP contribution in [0.15, 0.2) is 11.8 Å². The van der Waals surface area contributed by atoms with Crippen LogP contribution in [0.3, 0.4) is 0 Å². The summed E-state index contributed by atoms with van der Waals surface area (Å²) in [5.74, 6) is 4.20. The Morgan fingerprint density at radius 3 is 1.84 bits per heavy atom. The first-order valence-corrected chi connectivity index (χ1v) is 11.6. The lowest BCUT2D eigenvalue weighted by Crippen LogP contribution is -2.26. The number of hydrogen-bond donors (Lipinski definition) is 0. The molecule has 0 aromatic carbocycles. The Morgan fingerprint density at radius 1 is 0.760 bits per heavy atom. The van der Waals surface area contributed by atoms with Gasteiger partial charge in [0.05, 0.1) is 12.4 Å². The highest BCUT2D eigenvalue weighted by Gasteiger charge is 2.30. The molecule has 0 saturated heterocycles. The van der Waals surface area contributed by atoms with Crippen molar-refractivity contribution in [3.05, 3.63) is 11.8 Å². The summed E-state index contributed by atoms with van der Waals surface area (Å²) in [5.41, 5.74) is 1.51. The van der Waals surface area contributed by atoms with E-state index in [-0.39, 0.29) is 0 Å². The summed E-state index contributed by atoms with van der Waals surface area (Å²) in [6.45, 7) is 4.59. The molecule has 0 amide bonds. The van der Waals surface area contributed by atoms with E-state index in [1.165, 1.54) is 82.6 Å². The average molecular weight is 347 g/mol. The lowest BCUT2D eigenvalue weighted by Gasteiger charge is -2.38. The Balaban J connectivity index is 1.31. The normalized spacial score (nSPS) is 36.6. The van der Waals surface area contributed by atoms with Crippen LogP contribution in [0, 0.1) is 23.7 Å². The lowest BCUT2D eigenvalue weighted by molar-refractivity contribution is 0.0932. The molecule has 0 aromatic heterocycles. The Hall–Kier alpha value is -0.460. The van der Waals surface area contributed by atoms with E-state index in [0.717, 1.165) is 30.1 Å². The molecule has 2 aliphatic carbocycles. The molecule has 144 valence electrons. The topological polar surface area (TPSA) is 9.23 Å². The zero-order chi connectivity index (χ0) is 17.5. The van der Waals surface area contributed by atoms with Gasteiger partial charge in [0.15, 0.2) is 0 Å². The molecule has 25 heavy (non-hydrogen) atoms. The van der Waals surface area contributed by atoms with Crippen molar-refractivity contribution in [2.45, 2.75) is 116 Å². The van der Waals surface area contributed by atoms with Crippen LogP contribution < -0.4 is 0 Å². The maximum Gasteiger partial charge on any atom is 0.0981 e. The van der Waals surface area contributed by atoms with E-state index in [1.54, 1.807) is 12.8 Å². The smallest absolute Gasteiger partial charge is 0.0981 e. The van der Waals surface area contributed by atoms with Gasteiger partial charge in [-0.1, -0.05) is 52.4 Å². The summed E-state index contributed by atoms with van der Waals surface area (Å²) in [5, 5.41) is 0. The molecule has 0 N–H and O–H groups in total. The highest BCUT2D eigenvalue weighted by molar-refractivity contribution is 5.00. The van der Waals surface area contributed by atoms with Crippen molar-refractivity contribution >= 4 is 0 Å². The van der Waals surface area contributed by atoms with Crippen molar-refractivity contribution in [2.75, 3.05) is 0 Å². The van der Waals surface area contributed by atoms with Gasteiger partial charge in [-0.2, -0.15) is 0 Å². The van der Waals surface area contributed by atoms with Crippen molar-refractivity contribution in [2.24, 2.45) is 23.7 Å². The fourth-order valence-electron chi connectivity index (χ4n) is 5.86. The van der Waals surface area contributed by atoms with Gasteiger partial charge >= 0.3 is 0 Å². The molecule has 1 unspecified atom stereocenters. The summed E-state index contributed by atoms with van der Waals surface area (Å²) in [6.07, 6.45) is 24.1. The molecule has 0 aromatic rings. The van der Waals surface area contributed by atoms with Crippen LogP contribution >= 0.6 is 0 Å². The van der Waals surface area contributed by atoms with E-state index >= 15 is 0 Å². The number of allylic oxidation sites excluding steroid dienone is 1. The van der Waals surface area contributed by atoms with Crippen LogP contribution in [0.4, 0.5) is 0 Å². The fraction of sp³-hybridized carbons (Fsp3) is 0.917. The van der Waals surface area contributed by atoms with E-state index in [1.807, 2.05) is 0 Å². The van der Waals surface area contributed by atoms with Crippen molar-refractivity contribution in [3.63, 3.8) is 0 Å². The SMILES string of the molecule is CCCC1CCC(C2CCC(CCC3CCC(CC)=CO3)CC2)CC1. The van der Waals surface area contributed by atoms with Gasteiger partial charge in [-0.25, -0.2) is 0 Å². The van der Waals surface area contributed by atoms with E-state index in [4.69, 9.17) is 4.74 Å². The molecule has 1 aliphatic heterocycles. The van der Waals surface area contributed by atoms with Crippen molar-refractivity contribution in [1.82, 2.24) is 0 Å². The predicted molar refractivity (Wildman–Crippen MR) is 108 cm³/mol. The van der Waals surface area contributed by atoms with Gasteiger partial charge in [-0.05, 0) is 87.0 Å². The number of hydrogen-bond acceptors (Lipinski definition) is 1. The molecular formula is C24H42O. The molecule has 2 saturated carbocycles. The summed E-state index contributed by atoms with van der Waals surface area (Å²) >= 11 is 0. The molecule has 1 heteroatoms. The van der Waals surface area contributed by atoms with Crippen LogP contribution in [-0.2, 0) is 4.74 Å². The Labute approximate surface area is 157 Å². The zero-order valence-electron chi connectivity index (χ0n) is 17.0. The quantitative estimate of drug-likeness (QED) is 0.460. The Kier molecular flexibility index (Phi) is 7.74. The largest absolute Gasteiger partial charge is 0.498 e. The van der Waals surface area contributed by atoms with E-state index in [0.29, 0.717) is 6.10 Å². The second-order valence-electron chi connectivity index (χ2n) is 9.35. The van der Waals surface area contributed by atoms with E-state index in [9.17, 15) is 0 Å². The standard InChI is InChI=1S/C24H42O/c1-3-5-20-6-12-22(13-7-20)23-14-8-21(9-15-23)11-17-24-16-10-19(4-2)18-25-24/h18,20-24H,3-17H2,1-2H3. The molecule has 1 nitrogen and oxygen atoms in total. The maximum absolute atomic E-state index is 5.96. The summed E-state index contributed by atoms with van der Waals surface area (Å²) in [6, 6.07) is 0. The number of ether oxygens (including phenoxy) is 1. The minimum atomic E-state index is 0.516. The third-order valence-corrected chi connectivity index (χ3v) is 7.71. The third-order valence-electron chi connectivity index (χ3n) is 7.71. The molecular weight excluding hydrogens is 304 g/mol. The van der Waals surface area contributed by atoms with E-state index in [2.05, 4.69) is 20.1 Å². The van der Waals surface area contributed by atoms with Crippen molar-refractivity contribution in [3.8, 4) is 0 Å². The molecule has 1 atom stereocenters. The average Bonchev–Trinajstić information content (AvgIpc) is 2.68. The monoisotopic (exact) mass is 346 g/mol. The molecule has 3 rings (SSSR count). The molecule has 1 heterocycles. The first-order chi connectivity index (χ1) is 12.3. The van der Waals surface area contributed by atoms with Gasteiger partial charge in [-0.15, -0.1) is 0 Å². The Bertz CT molecular complexity index is 396. The van der Waals surface area contributed by atoms with Gasteiger partial charge in [0.25, 0.3) is 0 Å². The minimum absolute atomic E-state index is 0.516. The predicted octanol–water partition coefficient (Wildman–Crippen LogP) is 7.65. The van der Waals surface area contributed by atoms with Crippen LogP contribution in [0.25, 0.3) is 0 Å². The Morgan fingerprint density at radius 2 is 1.36 bits per heavy atom. The highest BCUT2D eigenvalue weighted by atomic mass is 16.5. The molecule has 2 fully saturated rings. The molecule has 0 radical (unpaired) electrons. The highest BCUT2D eigenvalue weighted by Crippen LogP contribution is 2.43. The fourth-order valence-corrected chi connectivity index (χ4v) is 5.86. The second-order valence-corrected chi connectivity index (χ2v) is 9.35. The van der Waals surface area contributed by atoms with Gasteiger partial charge < -0.3 is 4.74 Å².